The summed E-state index contributed by atoms with van der Waals surface area (Å²) in [5, 5.41) is 10.6. The van der Waals surface area contributed by atoms with Crippen LogP contribution in [0, 0.1) is 0 Å². The monoisotopic (exact) mass is 381 g/mol. The van der Waals surface area contributed by atoms with Gasteiger partial charge in [0.2, 0.25) is 0 Å². The molecule has 1 aromatic carbocycles. The predicted molar refractivity (Wildman–Crippen MR) is 109 cm³/mol. The van der Waals surface area contributed by atoms with E-state index in [1.54, 1.807) is 20.2 Å². The number of aliphatic hydroxyl groups is 1. The number of carbonyl (C=O) groups is 1. The van der Waals surface area contributed by atoms with E-state index < -0.39 is 6.10 Å². The first-order valence-corrected chi connectivity index (χ1v) is 9.27. The van der Waals surface area contributed by atoms with E-state index in [1.165, 1.54) is 4.90 Å². The van der Waals surface area contributed by atoms with Gasteiger partial charge in [-0.15, -0.1) is 0 Å². The number of imidazole rings is 1. The van der Waals surface area contributed by atoms with Crippen LogP contribution in [0.5, 0.6) is 5.75 Å². The summed E-state index contributed by atoms with van der Waals surface area (Å²) in [6.07, 6.45) is 1.10. The Bertz CT molecular complexity index is 988. The lowest BCUT2D eigenvalue weighted by Gasteiger charge is -2.21. The van der Waals surface area contributed by atoms with Crippen LogP contribution in [-0.4, -0.2) is 46.0 Å². The van der Waals surface area contributed by atoms with E-state index in [-0.39, 0.29) is 17.9 Å². The minimum Gasteiger partial charge on any atom is -0.497 e. The van der Waals surface area contributed by atoms with Crippen LogP contribution in [-0.2, 0) is 5.41 Å². The number of nitrogens with zero attached hydrogens (tertiary/aromatic N) is 3. The highest BCUT2D eigenvalue weighted by Crippen LogP contribution is 2.26. The quantitative estimate of drug-likeness (QED) is 0.735. The van der Waals surface area contributed by atoms with Gasteiger partial charge in [0.25, 0.3) is 5.91 Å². The highest BCUT2D eigenvalue weighted by Gasteiger charge is 2.27. The predicted octanol–water partition coefficient (Wildman–Crippen LogP) is 3.45. The molecule has 1 atom stereocenters. The van der Waals surface area contributed by atoms with Gasteiger partial charge in [0, 0.05) is 18.7 Å². The Morgan fingerprint density at radius 3 is 2.68 bits per heavy atom. The van der Waals surface area contributed by atoms with Gasteiger partial charge in [-0.25, -0.2) is 4.98 Å². The number of pyridine rings is 1. The molecule has 0 radical (unpaired) electrons. The van der Waals surface area contributed by atoms with Crippen LogP contribution in [0.15, 0.2) is 48.7 Å². The standard InChI is InChI=1S/C22H27N3O3/c1-22(2,3)21-23-19(17-11-6-7-12-25(17)21)20(27)24(4)14-18(26)15-9-8-10-16(13-15)28-5/h6-13,18,26H,14H2,1-5H3. The summed E-state index contributed by atoms with van der Waals surface area (Å²) in [6.45, 7) is 6.36. The smallest absolute Gasteiger partial charge is 0.274 e. The number of carbonyl (C=O) groups excluding carboxylic acids is 1. The number of fused-ring (bicyclic) bond motifs is 1. The normalized spacial score (nSPS) is 12.8. The number of methoxy groups -OCH3 is 1. The van der Waals surface area contributed by atoms with Gasteiger partial charge in [0.15, 0.2) is 5.69 Å². The van der Waals surface area contributed by atoms with Crippen LogP contribution in [0.3, 0.4) is 0 Å². The molecule has 2 aromatic heterocycles. The summed E-state index contributed by atoms with van der Waals surface area (Å²) >= 11 is 0. The molecule has 3 rings (SSSR count). The summed E-state index contributed by atoms with van der Waals surface area (Å²) < 4.78 is 7.16. The average Bonchev–Trinajstić information content (AvgIpc) is 3.07. The van der Waals surface area contributed by atoms with Crippen molar-refractivity contribution in [2.45, 2.75) is 32.3 Å². The Labute approximate surface area is 165 Å². The van der Waals surface area contributed by atoms with Crippen molar-refractivity contribution in [1.29, 1.82) is 0 Å². The van der Waals surface area contributed by atoms with Gasteiger partial charge in [0.05, 0.1) is 25.3 Å². The lowest BCUT2D eigenvalue weighted by atomic mass is 9.96. The van der Waals surface area contributed by atoms with Crippen molar-refractivity contribution in [1.82, 2.24) is 14.3 Å². The number of hydrogen-bond acceptors (Lipinski definition) is 4. The average molecular weight is 381 g/mol. The Morgan fingerprint density at radius 2 is 2.00 bits per heavy atom. The van der Waals surface area contributed by atoms with E-state index >= 15 is 0 Å². The summed E-state index contributed by atoms with van der Waals surface area (Å²) in [6, 6.07) is 12.9. The van der Waals surface area contributed by atoms with E-state index in [0.717, 1.165) is 11.3 Å². The highest BCUT2D eigenvalue weighted by molar-refractivity contribution is 5.99. The maximum absolute atomic E-state index is 13.1. The highest BCUT2D eigenvalue weighted by atomic mass is 16.5. The molecule has 0 aliphatic heterocycles. The molecule has 0 aliphatic carbocycles. The van der Waals surface area contributed by atoms with Crippen LogP contribution in [0.4, 0.5) is 0 Å². The van der Waals surface area contributed by atoms with E-state index in [1.807, 2.05) is 47.0 Å². The van der Waals surface area contributed by atoms with Crippen molar-refractivity contribution < 1.29 is 14.6 Å². The summed E-state index contributed by atoms with van der Waals surface area (Å²) in [4.78, 5) is 19.3. The number of rotatable bonds is 5. The summed E-state index contributed by atoms with van der Waals surface area (Å²) in [5.74, 6) is 1.27. The minimum absolute atomic E-state index is 0.155. The van der Waals surface area contributed by atoms with Gasteiger partial charge in [0.1, 0.15) is 11.6 Å². The first-order valence-electron chi connectivity index (χ1n) is 9.27. The number of benzene rings is 1. The molecular weight excluding hydrogens is 354 g/mol. The molecule has 0 fully saturated rings. The second-order valence-electron chi connectivity index (χ2n) is 7.97. The summed E-state index contributed by atoms with van der Waals surface area (Å²) in [7, 11) is 3.26. The molecule has 6 nitrogen and oxygen atoms in total. The molecule has 2 heterocycles. The van der Waals surface area contributed by atoms with Crippen LogP contribution in [0.2, 0.25) is 0 Å². The molecule has 0 saturated heterocycles. The second-order valence-corrected chi connectivity index (χ2v) is 7.97. The molecule has 148 valence electrons. The fourth-order valence-electron chi connectivity index (χ4n) is 3.20. The van der Waals surface area contributed by atoms with Crippen LogP contribution < -0.4 is 4.74 Å². The lowest BCUT2D eigenvalue weighted by molar-refractivity contribution is 0.0677. The van der Waals surface area contributed by atoms with Crippen LogP contribution >= 0.6 is 0 Å². The maximum Gasteiger partial charge on any atom is 0.274 e. The number of likely N-dealkylation sites (N-methyl/N-ethyl adjacent to an activating group) is 1. The third kappa shape index (κ3) is 3.87. The number of aliphatic hydroxyl groups excluding tert-OH is 1. The first-order chi connectivity index (χ1) is 13.2. The Morgan fingerprint density at radius 1 is 1.25 bits per heavy atom. The van der Waals surface area contributed by atoms with Gasteiger partial charge >= 0.3 is 0 Å². The zero-order chi connectivity index (χ0) is 20.5. The Kier molecular flexibility index (Phi) is 5.42. The van der Waals surface area contributed by atoms with Crippen molar-refractivity contribution in [2.75, 3.05) is 20.7 Å². The van der Waals surface area contributed by atoms with E-state index in [4.69, 9.17) is 4.74 Å². The number of ether oxygens (including phenoxy) is 1. The van der Waals surface area contributed by atoms with Gasteiger partial charge < -0.3 is 19.1 Å². The van der Waals surface area contributed by atoms with Gasteiger partial charge in [-0.05, 0) is 29.8 Å². The van der Waals surface area contributed by atoms with Crippen molar-refractivity contribution in [3.8, 4) is 5.75 Å². The van der Waals surface area contributed by atoms with Gasteiger partial charge in [-0.1, -0.05) is 39.0 Å². The number of aromatic nitrogens is 2. The molecule has 0 saturated carbocycles. The van der Waals surface area contributed by atoms with Gasteiger partial charge in [-0.2, -0.15) is 0 Å². The minimum atomic E-state index is -0.819. The molecule has 1 N–H and O–H groups in total. The van der Waals surface area contributed by atoms with Crippen molar-refractivity contribution in [3.63, 3.8) is 0 Å². The topological polar surface area (TPSA) is 67.1 Å². The van der Waals surface area contributed by atoms with E-state index in [2.05, 4.69) is 25.8 Å². The van der Waals surface area contributed by atoms with Crippen molar-refractivity contribution in [2.24, 2.45) is 0 Å². The zero-order valence-electron chi connectivity index (χ0n) is 17.0. The van der Waals surface area contributed by atoms with E-state index in [9.17, 15) is 9.90 Å². The number of amides is 1. The molecule has 0 aliphatic rings. The van der Waals surface area contributed by atoms with Crippen molar-refractivity contribution in [3.05, 3.63) is 65.7 Å². The van der Waals surface area contributed by atoms with Crippen LogP contribution in [0.1, 0.15) is 48.8 Å². The largest absolute Gasteiger partial charge is 0.497 e. The Balaban J connectivity index is 1.87. The van der Waals surface area contributed by atoms with Crippen LogP contribution in [0.25, 0.3) is 5.52 Å². The first kappa shape index (κ1) is 19.9. The van der Waals surface area contributed by atoms with E-state index in [0.29, 0.717) is 17.0 Å². The SMILES string of the molecule is COc1cccc(C(O)CN(C)C(=O)c2nc(C(C)(C)C)n3ccccc23)c1. The lowest BCUT2D eigenvalue weighted by Crippen LogP contribution is -2.31. The second kappa shape index (κ2) is 7.64. The van der Waals surface area contributed by atoms with Crippen molar-refractivity contribution >= 4 is 11.4 Å². The maximum atomic E-state index is 13.1. The molecule has 6 heteroatoms. The fourth-order valence-corrected chi connectivity index (χ4v) is 3.20. The third-order valence-electron chi connectivity index (χ3n) is 4.69. The molecular formula is C22H27N3O3. The zero-order valence-corrected chi connectivity index (χ0v) is 17.0. The third-order valence-corrected chi connectivity index (χ3v) is 4.69. The molecule has 0 bridgehead atoms. The number of hydrogen-bond donors (Lipinski definition) is 1. The molecule has 1 amide bonds. The Hall–Kier alpha value is -2.86. The van der Waals surface area contributed by atoms with Gasteiger partial charge in [-0.3, -0.25) is 4.79 Å². The molecule has 0 spiro atoms. The fraction of sp³-hybridized carbons (Fsp3) is 0.364. The molecule has 3 aromatic rings. The molecule has 1 unspecified atom stereocenters. The summed E-state index contributed by atoms with van der Waals surface area (Å²) in [5.41, 5.74) is 1.65. The molecule has 28 heavy (non-hydrogen) atoms.